The molecule has 2 aliphatic rings. The molecule has 1 fully saturated rings. The van der Waals surface area contributed by atoms with Crippen molar-refractivity contribution in [2.45, 2.75) is 16.2 Å². The van der Waals surface area contributed by atoms with Crippen LogP contribution >= 0.6 is 11.8 Å². The van der Waals surface area contributed by atoms with E-state index in [9.17, 15) is 4.79 Å². The lowest BCUT2D eigenvalue weighted by molar-refractivity contribution is -0.132. The molecule has 2 heterocycles. The number of carbonyl (C=O) groups is 1. The van der Waals surface area contributed by atoms with Crippen LogP contribution in [0.2, 0.25) is 0 Å². The van der Waals surface area contributed by atoms with E-state index in [1.54, 1.807) is 11.8 Å². The number of fused-ring (bicyclic) bond motifs is 2. The molecular formula is C20H23N3OS. The van der Waals surface area contributed by atoms with E-state index < -0.39 is 31.9 Å². The zero-order valence-corrected chi connectivity index (χ0v) is 14.5. The van der Waals surface area contributed by atoms with Crippen LogP contribution in [-0.2, 0) is 4.79 Å². The number of piperazine rings is 1. The van der Waals surface area contributed by atoms with E-state index in [0.717, 1.165) is 28.2 Å². The molecule has 2 aliphatic heterocycles. The normalized spacial score (nSPS) is 30.0. The maximum Gasteiger partial charge on any atom is 0.224 e. The van der Waals surface area contributed by atoms with Crippen LogP contribution in [0.5, 0.6) is 0 Å². The molecule has 1 saturated heterocycles. The number of nitrogens with zero attached hydrogens (tertiary/aromatic N) is 3. The summed E-state index contributed by atoms with van der Waals surface area (Å²) in [6.45, 7) is -12.1. The van der Waals surface area contributed by atoms with Crippen LogP contribution in [0.3, 0.4) is 0 Å². The minimum Gasteiger partial charge on any atom is -0.340 e. The largest absolute Gasteiger partial charge is 0.340 e. The van der Waals surface area contributed by atoms with Crippen molar-refractivity contribution in [3.63, 3.8) is 0 Å². The molecular weight excluding hydrogens is 330 g/mol. The summed E-state index contributed by atoms with van der Waals surface area (Å²) >= 11 is 1.59. The minimum absolute atomic E-state index is 0.0813. The summed E-state index contributed by atoms with van der Waals surface area (Å²) in [6.07, 6.45) is -0.345. The van der Waals surface area contributed by atoms with E-state index in [4.69, 9.17) is 11.0 Å². The van der Waals surface area contributed by atoms with E-state index in [1.807, 2.05) is 53.4 Å². The summed E-state index contributed by atoms with van der Waals surface area (Å²) in [4.78, 5) is 17.6. The lowest BCUT2D eigenvalue weighted by atomic mass is 10.2. The van der Waals surface area contributed by atoms with Gasteiger partial charge in [-0.1, -0.05) is 36.0 Å². The molecule has 4 rings (SSSR count). The Balaban J connectivity index is 1.67. The van der Waals surface area contributed by atoms with Gasteiger partial charge in [-0.15, -0.1) is 0 Å². The number of rotatable bonds is 3. The highest BCUT2D eigenvalue weighted by Gasteiger charge is 2.25. The maximum absolute atomic E-state index is 13.2. The fourth-order valence-electron chi connectivity index (χ4n) is 2.77. The number of para-hydroxylation sites is 2. The molecule has 0 N–H and O–H groups in total. The summed E-state index contributed by atoms with van der Waals surface area (Å²) < 4.78 is 65.5. The molecule has 0 unspecified atom stereocenters. The lowest BCUT2D eigenvalue weighted by Gasteiger charge is -2.35. The van der Waals surface area contributed by atoms with Crippen molar-refractivity contribution in [2.75, 3.05) is 44.5 Å². The highest BCUT2D eigenvalue weighted by molar-refractivity contribution is 7.99. The first-order valence-corrected chi connectivity index (χ1v) is 8.77. The number of hydrogen-bond donors (Lipinski definition) is 0. The van der Waals surface area contributed by atoms with Gasteiger partial charge in [-0.05, 0) is 31.3 Å². The molecule has 0 radical (unpaired) electrons. The number of likely N-dealkylation sites (N-methyl/N-ethyl adjacent to an activating group) is 1. The van der Waals surface area contributed by atoms with Gasteiger partial charge in [0.15, 0.2) is 0 Å². The lowest BCUT2D eigenvalue weighted by Crippen LogP contribution is -2.47. The van der Waals surface area contributed by atoms with Crippen LogP contribution in [0.15, 0.2) is 58.3 Å². The van der Waals surface area contributed by atoms with E-state index in [1.165, 1.54) is 0 Å². The molecule has 5 heteroatoms. The predicted molar refractivity (Wildman–Crippen MR) is 103 cm³/mol. The quantitative estimate of drug-likeness (QED) is 0.837. The molecule has 0 spiro atoms. The fraction of sp³-hybridized carbons (Fsp3) is 0.350. The van der Waals surface area contributed by atoms with E-state index in [0.29, 0.717) is 4.90 Å². The van der Waals surface area contributed by atoms with Gasteiger partial charge in [-0.3, -0.25) is 4.79 Å². The standard InChI is InChI=1S/C20H23N3OS/c1-21-12-14-22(15-13-21)20(24)10-11-23-16-6-2-4-8-18(16)25-19-9-5-3-7-17(19)23/h2-9H,10-15H2,1H3/i12D2,13D2,14D2,15D2. The Labute approximate surface area is 164 Å². The van der Waals surface area contributed by atoms with Crippen molar-refractivity contribution in [2.24, 2.45) is 0 Å². The van der Waals surface area contributed by atoms with Crippen molar-refractivity contribution in [1.29, 1.82) is 0 Å². The zero-order chi connectivity index (χ0) is 24.4. The van der Waals surface area contributed by atoms with Gasteiger partial charge in [0, 0.05) is 54.2 Å². The summed E-state index contributed by atoms with van der Waals surface area (Å²) in [6, 6.07) is 15.2. The first-order valence-electron chi connectivity index (χ1n) is 11.9. The predicted octanol–water partition coefficient (Wildman–Crippen LogP) is 3.45. The average molecular weight is 362 g/mol. The highest BCUT2D eigenvalue weighted by Crippen LogP contribution is 2.47. The number of benzene rings is 2. The number of hydrogen-bond acceptors (Lipinski definition) is 4. The van der Waals surface area contributed by atoms with Crippen molar-refractivity contribution in [1.82, 2.24) is 9.80 Å². The smallest absolute Gasteiger partial charge is 0.224 e. The van der Waals surface area contributed by atoms with Crippen LogP contribution in [0.25, 0.3) is 0 Å². The molecule has 25 heavy (non-hydrogen) atoms. The molecule has 0 bridgehead atoms. The zero-order valence-electron chi connectivity index (χ0n) is 21.7. The molecule has 2 aromatic carbocycles. The first-order chi connectivity index (χ1) is 15.2. The van der Waals surface area contributed by atoms with E-state index in [2.05, 4.69) is 0 Å². The van der Waals surface area contributed by atoms with Gasteiger partial charge in [0.2, 0.25) is 5.91 Å². The Kier molecular flexibility index (Phi) is 2.74. The molecule has 4 nitrogen and oxygen atoms in total. The summed E-state index contributed by atoms with van der Waals surface area (Å²) in [5.41, 5.74) is 1.70. The van der Waals surface area contributed by atoms with Gasteiger partial charge >= 0.3 is 0 Å². The van der Waals surface area contributed by atoms with Crippen LogP contribution in [-0.4, -0.2) is 55.3 Å². The second kappa shape index (κ2) is 7.10. The SMILES string of the molecule is [2H]C1([2H])N(C)C([2H])([2H])C([2H])([2H])N(C(=O)CCN2c3ccccc3Sc3ccccc32)C1([2H])[2H]. The maximum atomic E-state index is 13.2. The second-order valence-electron chi connectivity index (χ2n) is 5.67. The Hall–Kier alpha value is -1.98. The van der Waals surface area contributed by atoms with Crippen LogP contribution in [0.1, 0.15) is 17.4 Å². The Morgan fingerprint density at radius 3 is 2.16 bits per heavy atom. The van der Waals surface area contributed by atoms with Crippen molar-refractivity contribution >= 4 is 29.0 Å². The second-order valence-corrected chi connectivity index (χ2v) is 6.76. The number of amides is 1. The van der Waals surface area contributed by atoms with Gasteiger partial charge in [0.25, 0.3) is 0 Å². The van der Waals surface area contributed by atoms with E-state index in [-0.39, 0.29) is 17.9 Å². The molecule has 0 aromatic heterocycles. The van der Waals surface area contributed by atoms with Gasteiger partial charge in [-0.25, -0.2) is 0 Å². The van der Waals surface area contributed by atoms with Crippen LogP contribution in [0, 0.1) is 0 Å². The third kappa shape index (κ3) is 3.39. The van der Waals surface area contributed by atoms with Crippen molar-refractivity contribution in [3.8, 4) is 0 Å². The van der Waals surface area contributed by atoms with Crippen molar-refractivity contribution < 1.29 is 15.8 Å². The molecule has 0 atom stereocenters. The Morgan fingerprint density at radius 1 is 1.00 bits per heavy atom. The van der Waals surface area contributed by atoms with Gasteiger partial charge < -0.3 is 14.7 Å². The molecule has 0 saturated carbocycles. The van der Waals surface area contributed by atoms with Gasteiger partial charge in [-0.2, -0.15) is 0 Å². The first kappa shape index (κ1) is 9.64. The molecule has 0 aliphatic carbocycles. The Bertz CT molecular complexity index is 1020. The summed E-state index contributed by atoms with van der Waals surface area (Å²) in [7, 11) is 0.969. The molecule has 2 aromatic rings. The highest BCUT2D eigenvalue weighted by atomic mass is 32.2. The topological polar surface area (TPSA) is 26.8 Å². The number of anilines is 2. The Morgan fingerprint density at radius 2 is 1.56 bits per heavy atom. The van der Waals surface area contributed by atoms with Crippen LogP contribution in [0.4, 0.5) is 11.4 Å². The van der Waals surface area contributed by atoms with Gasteiger partial charge in [0.05, 0.1) is 16.9 Å². The van der Waals surface area contributed by atoms with Crippen molar-refractivity contribution in [3.05, 3.63) is 48.5 Å². The van der Waals surface area contributed by atoms with Gasteiger partial charge in [0.1, 0.15) is 0 Å². The fourth-order valence-corrected chi connectivity index (χ4v) is 3.87. The summed E-state index contributed by atoms with van der Waals surface area (Å²) in [5.74, 6) is -1.01. The third-order valence-electron chi connectivity index (χ3n) is 3.99. The third-order valence-corrected chi connectivity index (χ3v) is 5.12. The molecule has 130 valence electrons. The van der Waals surface area contributed by atoms with E-state index >= 15 is 0 Å². The molecule has 1 amide bonds. The average Bonchev–Trinajstić information content (AvgIpc) is 2.74. The van der Waals surface area contributed by atoms with Crippen LogP contribution < -0.4 is 4.90 Å². The minimum atomic E-state index is -3.11. The monoisotopic (exact) mass is 361 g/mol. The summed E-state index contributed by atoms with van der Waals surface area (Å²) in [5, 5.41) is 0. The number of carbonyl (C=O) groups excluding carboxylic acids is 1.